The summed E-state index contributed by atoms with van der Waals surface area (Å²) in [6.07, 6.45) is 10.8. The van der Waals surface area contributed by atoms with Crippen molar-refractivity contribution in [2.24, 2.45) is 0 Å². The van der Waals surface area contributed by atoms with Crippen LogP contribution in [0.15, 0.2) is 60.7 Å². The van der Waals surface area contributed by atoms with Crippen molar-refractivity contribution in [2.45, 2.75) is 76.4 Å². The molecule has 4 nitrogen and oxygen atoms in total. The molecule has 30 heavy (non-hydrogen) atoms. The van der Waals surface area contributed by atoms with E-state index in [4.69, 9.17) is 4.74 Å². The Kier molecular flexibility index (Phi) is 9.07. The van der Waals surface area contributed by atoms with Gasteiger partial charge >= 0.3 is 6.03 Å². The molecule has 2 amide bonds. The number of hydrogen-bond donors (Lipinski definition) is 1. The first-order valence-electron chi connectivity index (χ1n) is 11.5. The van der Waals surface area contributed by atoms with Crippen molar-refractivity contribution >= 4 is 6.03 Å². The molecule has 2 aromatic carbocycles. The maximum atomic E-state index is 12.9. The van der Waals surface area contributed by atoms with Crippen molar-refractivity contribution < 1.29 is 9.53 Å². The van der Waals surface area contributed by atoms with Crippen molar-refractivity contribution in [2.75, 3.05) is 7.11 Å². The Morgan fingerprint density at radius 1 is 0.867 bits per heavy atom. The number of ether oxygens (including phenoxy) is 1. The minimum atomic E-state index is 0.129. The van der Waals surface area contributed by atoms with Gasteiger partial charge in [-0.25, -0.2) is 4.79 Å². The summed E-state index contributed by atoms with van der Waals surface area (Å²) >= 11 is 0. The van der Waals surface area contributed by atoms with Crippen LogP contribution in [0, 0.1) is 0 Å². The number of rotatable bonds is 5. The summed E-state index contributed by atoms with van der Waals surface area (Å²) in [4.78, 5) is 15.0. The normalized spacial score (nSPS) is 17.0. The highest BCUT2D eigenvalue weighted by Gasteiger charge is 2.27. The van der Waals surface area contributed by atoms with E-state index in [1.54, 1.807) is 7.11 Å². The highest BCUT2D eigenvalue weighted by molar-refractivity contribution is 5.75. The van der Waals surface area contributed by atoms with Crippen LogP contribution in [0.3, 0.4) is 0 Å². The Balaban J connectivity index is 0.000000367. The Morgan fingerprint density at radius 2 is 1.40 bits per heavy atom. The number of methoxy groups -OCH3 is 1. The lowest BCUT2D eigenvalue weighted by atomic mass is 9.94. The topological polar surface area (TPSA) is 41.6 Å². The Labute approximate surface area is 181 Å². The molecule has 0 aliphatic heterocycles. The van der Waals surface area contributed by atoms with Gasteiger partial charge in [-0.3, -0.25) is 0 Å². The first-order valence-corrected chi connectivity index (χ1v) is 11.5. The van der Waals surface area contributed by atoms with Crippen LogP contribution < -0.4 is 10.1 Å². The van der Waals surface area contributed by atoms with Crippen LogP contribution >= 0.6 is 0 Å². The van der Waals surface area contributed by atoms with Gasteiger partial charge in [-0.05, 0) is 43.4 Å². The maximum absolute atomic E-state index is 12.9. The van der Waals surface area contributed by atoms with Crippen LogP contribution in [-0.2, 0) is 6.54 Å². The van der Waals surface area contributed by atoms with Crippen LogP contribution in [0.1, 0.15) is 63.4 Å². The SMILES string of the molecule is COc1ccc(CN(C(=O)NC2CCCC2)C2CCCCC2)cc1.c1ccccc1. The molecule has 0 atom stereocenters. The van der Waals surface area contributed by atoms with Crippen LogP contribution in [0.4, 0.5) is 4.79 Å². The third kappa shape index (κ3) is 7.08. The fraction of sp³-hybridized carbons (Fsp3) is 0.500. The predicted molar refractivity (Wildman–Crippen MR) is 123 cm³/mol. The third-order valence-electron chi connectivity index (χ3n) is 6.14. The summed E-state index contributed by atoms with van der Waals surface area (Å²) in [5.41, 5.74) is 1.17. The van der Waals surface area contributed by atoms with Crippen LogP contribution in [-0.4, -0.2) is 30.1 Å². The first kappa shape index (κ1) is 22.2. The summed E-state index contributed by atoms with van der Waals surface area (Å²) in [6, 6.07) is 21.0. The minimum absolute atomic E-state index is 0.129. The van der Waals surface area contributed by atoms with Gasteiger partial charge in [0, 0.05) is 18.6 Å². The average Bonchev–Trinajstić information content (AvgIpc) is 3.33. The van der Waals surface area contributed by atoms with Gasteiger partial charge in [-0.1, -0.05) is 80.6 Å². The number of hydrogen-bond acceptors (Lipinski definition) is 2. The maximum Gasteiger partial charge on any atom is 0.318 e. The molecule has 4 heteroatoms. The fourth-order valence-corrected chi connectivity index (χ4v) is 4.40. The molecule has 1 N–H and O–H groups in total. The summed E-state index contributed by atoms with van der Waals surface area (Å²) < 4.78 is 5.23. The summed E-state index contributed by atoms with van der Waals surface area (Å²) in [5, 5.41) is 3.28. The second-order valence-corrected chi connectivity index (χ2v) is 8.35. The van der Waals surface area contributed by atoms with Crippen molar-refractivity contribution in [3.05, 3.63) is 66.2 Å². The smallest absolute Gasteiger partial charge is 0.318 e. The van der Waals surface area contributed by atoms with Crippen molar-refractivity contribution in [3.63, 3.8) is 0 Å². The zero-order valence-electron chi connectivity index (χ0n) is 18.3. The van der Waals surface area contributed by atoms with Gasteiger partial charge in [-0.15, -0.1) is 0 Å². The molecule has 0 heterocycles. The molecule has 162 valence electrons. The van der Waals surface area contributed by atoms with Gasteiger partial charge in [0.25, 0.3) is 0 Å². The van der Waals surface area contributed by atoms with Crippen LogP contribution in [0.25, 0.3) is 0 Å². The number of benzene rings is 2. The summed E-state index contributed by atoms with van der Waals surface area (Å²) in [7, 11) is 1.68. The molecular weight excluding hydrogens is 372 g/mol. The van der Waals surface area contributed by atoms with Gasteiger partial charge < -0.3 is 15.0 Å². The van der Waals surface area contributed by atoms with Crippen molar-refractivity contribution in [1.82, 2.24) is 10.2 Å². The number of carbonyl (C=O) groups is 1. The quantitative estimate of drug-likeness (QED) is 0.643. The van der Waals surface area contributed by atoms with E-state index in [1.807, 2.05) is 48.5 Å². The number of amides is 2. The number of carbonyl (C=O) groups excluding carboxylic acids is 1. The van der Waals surface area contributed by atoms with E-state index < -0.39 is 0 Å². The van der Waals surface area contributed by atoms with Crippen molar-refractivity contribution in [3.8, 4) is 5.75 Å². The number of urea groups is 1. The molecule has 0 radical (unpaired) electrons. The molecule has 2 aromatic rings. The summed E-state index contributed by atoms with van der Waals surface area (Å²) in [6.45, 7) is 0.688. The molecular formula is C26H36N2O2. The van der Waals surface area contributed by atoms with Crippen LogP contribution in [0.5, 0.6) is 5.75 Å². The molecule has 2 saturated carbocycles. The Hall–Kier alpha value is -2.49. The summed E-state index contributed by atoms with van der Waals surface area (Å²) in [5.74, 6) is 0.860. The first-order chi connectivity index (χ1) is 14.8. The molecule has 2 aliphatic rings. The van der Waals surface area contributed by atoms with Gasteiger partial charge in [0.1, 0.15) is 5.75 Å². The van der Waals surface area contributed by atoms with E-state index in [1.165, 1.54) is 37.7 Å². The van der Waals surface area contributed by atoms with Crippen LogP contribution in [0.2, 0.25) is 0 Å². The standard InChI is InChI=1S/C20H30N2O2.C6H6/c1-24-19-13-11-16(12-14-19)15-22(18-9-3-2-4-10-18)20(23)21-17-7-5-6-8-17;1-2-4-6-5-3-1/h11-14,17-18H,2-10,15H2,1H3,(H,21,23);1-6H. The highest BCUT2D eigenvalue weighted by atomic mass is 16.5. The van der Waals surface area contributed by atoms with E-state index in [9.17, 15) is 4.79 Å². The predicted octanol–water partition coefficient (Wildman–Crippen LogP) is 6.17. The largest absolute Gasteiger partial charge is 0.497 e. The van der Waals surface area contributed by atoms with Gasteiger partial charge in [-0.2, -0.15) is 0 Å². The zero-order chi connectivity index (χ0) is 21.0. The fourth-order valence-electron chi connectivity index (χ4n) is 4.40. The lowest BCUT2D eigenvalue weighted by Gasteiger charge is -2.35. The third-order valence-corrected chi connectivity index (χ3v) is 6.14. The second-order valence-electron chi connectivity index (χ2n) is 8.35. The van der Waals surface area contributed by atoms with Gasteiger partial charge in [0.2, 0.25) is 0 Å². The number of nitrogens with one attached hydrogen (secondary N) is 1. The van der Waals surface area contributed by atoms with E-state index in [-0.39, 0.29) is 6.03 Å². The highest BCUT2D eigenvalue weighted by Crippen LogP contribution is 2.26. The molecule has 0 unspecified atom stereocenters. The van der Waals surface area contributed by atoms with Gasteiger partial charge in [0.15, 0.2) is 0 Å². The Morgan fingerprint density at radius 3 is 1.93 bits per heavy atom. The lowest BCUT2D eigenvalue weighted by molar-refractivity contribution is 0.148. The molecule has 0 saturated heterocycles. The molecule has 0 bridgehead atoms. The minimum Gasteiger partial charge on any atom is -0.497 e. The zero-order valence-corrected chi connectivity index (χ0v) is 18.3. The Bertz CT molecular complexity index is 694. The monoisotopic (exact) mass is 408 g/mol. The van der Waals surface area contributed by atoms with Gasteiger partial charge in [0.05, 0.1) is 7.11 Å². The number of nitrogens with zero attached hydrogens (tertiary/aromatic N) is 1. The van der Waals surface area contributed by atoms with E-state index in [2.05, 4.69) is 22.3 Å². The molecule has 0 spiro atoms. The molecule has 4 rings (SSSR count). The van der Waals surface area contributed by atoms with E-state index >= 15 is 0 Å². The second kappa shape index (κ2) is 12.3. The van der Waals surface area contributed by atoms with E-state index in [0.717, 1.165) is 31.4 Å². The van der Waals surface area contributed by atoms with E-state index in [0.29, 0.717) is 18.6 Å². The molecule has 0 aromatic heterocycles. The lowest BCUT2D eigenvalue weighted by Crippen LogP contribution is -2.48. The molecule has 2 fully saturated rings. The average molecular weight is 409 g/mol. The van der Waals surface area contributed by atoms with Crippen molar-refractivity contribution in [1.29, 1.82) is 0 Å². The molecule has 2 aliphatic carbocycles.